The van der Waals surface area contributed by atoms with E-state index in [1.807, 2.05) is 24.3 Å². The van der Waals surface area contributed by atoms with E-state index in [1.165, 1.54) is 0 Å². The van der Waals surface area contributed by atoms with Gasteiger partial charge in [-0.25, -0.2) is 4.98 Å². The molecule has 3 heterocycles. The van der Waals surface area contributed by atoms with Crippen LogP contribution >= 0.6 is 0 Å². The van der Waals surface area contributed by atoms with E-state index in [0.29, 0.717) is 6.54 Å². The van der Waals surface area contributed by atoms with E-state index >= 15 is 0 Å². The molecule has 0 spiro atoms. The molecule has 1 aromatic heterocycles. The fourth-order valence-electron chi connectivity index (χ4n) is 3.42. The van der Waals surface area contributed by atoms with Gasteiger partial charge in [0.2, 0.25) is 5.91 Å². The minimum absolute atomic E-state index is 0.183. The highest BCUT2D eigenvalue weighted by molar-refractivity contribution is 5.78. The fourth-order valence-corrected chi connectivity index (χ4v) is 3.42. The van der Waals surface area contributed by atoms with Crippen LogP contribution in [0.1, 0.15) is 18.8 Å². The SMILES string of the molecule is CCN1CCN(C(=O)CN2CCOCC2)CC1c1nccn1C. The van der Waals surface area contributed by atoms with Crippen molar-refractivity contribution in [2.24, 2.45) is 7.05 Å². The Morgan fingerprint density at radius 2 is 2.09 bits per heavy atom. The van der Waals surface area contributed by atoms with Crippen LogP contribution in [0.15, 0.2) is 12.4 Å². The summed E-state index contributed by atoms with van der Waals surface area (Å²) in [5, 5.41) is 0. The summed E-state index contributed by atoms with van der Waals surface area (Å²) in [6.07, 6.45) is 3.80. The molecule has 2 aliphatic heterocycles. The van der Waals surface area contributed by atoms with Gasteiger partial charge in [0.25, 0.3) is 0 Å². The molecule has 7 nitrogen and oxygen atoms in total. The molecule has 23 heavy (non-hydrogen) atoms. The Bertz CT molecular complexity index is 526. The normalized spacial score (nSPS) is 24.1. The number of carbonyl (C=O) groups excluding carboxylic acids is 1. The number of hydrogen-bond acceptors (Lipinski definition) is 5. The van der Waals surface area contributed by atoms with Gasteiger partial charge in [-0.05, 0) is 6.54 Å². The Balaban J connectivity index is 1.64. The van der Waals surface area contributed by atoms with Crippen molar-refractivity contribution in [3.8, 4) is 0 Å². The fraction of sp³-hybridized carbons (Fsp3) is 0.750. The van der Waals surface area contributed by atoms with Gasteiger partial charge < -0.3 is 14.2 Å². The quantitative estimate of drug-likeness (QED) is 0.779. The first-order valence-corrected chi connectivity index (χ1v) is 8.48. The second-order valence-corrected chi connectivity index (χ2v) is 6.27. The Hall–Kier alpha value is -1.44. The summed E-state index contributed by atoms with van der Waals surface area (Å²) in [7, 11) is 2.02. The lowest BCUT2D eigenvalue weighted by molar-refractivity contribution is -0.136. The average molecular weight is 321 g/mol. The van der Waals surface area contributed by atoms with Crippen LogP contribution in [0, 0.1) is 0 Å². The van der Waals surface area contributed by atoms with E-state index in [4.69, 9.17) is 4.74 Å². The summed E-state index contributed by atoms with van der Waals surface area (Å²) in [6, 6.07) is 0.183. The van der Waals surface area contributed by atoms with E-state index in [1.54, 1.807) is 0 Å². The summed E-state index contributed by atoms with van der Waals surface area (Å²) in [5.74, 6) is 1.26. The van der Waals surface area contributed by atoms with Crippen molar-refractivity contribution < 1.29 is 9.53 Å². The summed E-state index contributed by atoms with van der Waals surface area (Å²) < 4.78 is 7.41. The van der Waals surface area contributed by atoms with Crippen LogP contribution in [0.25, 0.3) is 0 Å². The minimum atomic E-state index is 0.183. The number of ether oxygens (including phenoxy) is 1. The van der Waals surface area contributed by atoms with Crippen molar-refractivity contribution >= 4 is 5.91 Å². The lowest BCUT2D eigenvalue weighted by Gasteiger charge is -2.41. The number of carbonyl (C=O) groups is 1. The molecule has 2 aliphatic rings. The molecule has 0 radical (unpaired) electrons. The zero-order chi connectivity index (χ0) is 16.2. The standard InChI is InChI=1S/C16H27N5O2/c1-3-20-6-7-21(12-14(20)16-17-4-5-18(16)2)15(22)13-19-8-10-23-11-9-19/h4-5,14H,3,6-13H2,1-2H3. The van der Waals surface area contributed by atoms with E-state index in [9.17, 15) is 4.79 Å². The number of piperazine rings is 1. The zero-order valence-corrected chi connectivity index (χ0v) is 14.1. The van der Waals surface area contributed by atoms with Crippen LogP contribution in [0.2, 0.25) is 0 Å². The number of morpholine rings is 1. The van der Waals surface area contributed by atoms with Crippen molar-refractivity contribution in [2.45, 2.75) is 13.0 Å². The molecule has 3 rings (SSSR count). The first-order valence-electron chi connectivity index (χ1n) is 8.48. The molecule has 1 amide bonds. The predicted octanol–water partition coefficient (Wildman–Crippen LogP) is -0.0425. The van der Waals surface area contributed by atoms with Crippen LogP contribution < -0.4 is 0 Å². The van der Waals surface area contributed by atoms with Crippen molar-refractivity contribution in [1.82, 2.24) is 24.3 Å². The molecule has 1 atom stereocenters. The van der Waals surface area contributed by atoms with Gasteiger partial charge in [0.1, 0.15) is 5.82 Å². The van der Waals surface area contributed by atoms with Crippen molar-refractivity contribution in [3.63, 3.8) is 0 Å². The number of aromatic nitrogens is 2. The maximum atomic E-state index is 12.7. The highest BCUT2D eigenvalue weighted by Gasteiger charge is 2.32. The summed E-state index contributed by atoms with van der Waals surface area (Å²) >= 11 is 0. The Morgan fingerprint density at radius 1 is 1.30 bits per heavy atom. The summed E-state index contributed by atoms with van der Waals surface area (Å²) in [6.45, 7) is 9.24. The minimum Gasteiger partial charge on any atom is -0.379 e. The van der Waals surface area contributed by atoms with Crippen LogP contribution in [0.3, 0.4) is 0 Å². The number of nitrogens with zero attached hydrogens (tertiary/aromatic N) is 5. The van der Waals surface area contributed by atoms with Gasteiger partial charge in [-0.1, -0.05) is 6.92 Å². The van der Waals surface area contributed by atoms with Crippen LogP contribution in [-0.4, -0.2) is 89.2 Å². The number of likely N-dealkylation sites (N-methyl/N-ethyl adjacent to an activating group) is 1. The van der Waals surface area contributed by atoms with Crippen molar-refractivity contribution in [2.75, 3.05) is 59.0 Å². The molecule has 1 aromatic rings. The van der Waals surface area contributed by atoms with Gasteiger partial charge in [-0.3, -0.25) is 14.6 Å². The number of rotatable bonds is 4. The second kappa shape index (κ2) is 7.42. The maximum absolute atomic E-state index is 12.7. The third-order valence-corrected chi connectivity index (χ3v) is 4.87. The average Bonchev–Trinajstić information content (AvgIpc) is 3.01. The van der Waals surface area contributed by atoms with E-state index in [2.05, 4.69) is 26.3 Å². The lowest BCUT2D eigenvalue weighted by atomic mass is 10.1. The topological polar surface area (TPSA) is 53.8 Å². The van der Waals surface area contributed by atoms with Crippen molar-refractivity contribution in [3.05, 3.63) is 18.2 Å². The molecule has 0 aliphatic carbocycles. The highest BCUT2D eigenvalue weighted by Crippen LogP contribution is 2.23. The lowest BCUT2D eigenvalue weighted by Crippen LogP contribution is -2.53. The summed E-state index contributed by atoms with van der Waals surface area (Å²) in [5.41, 5.74) is 0. The van der Waals surface area contributed by atoms with Crippen molar-refractivity contribution in [1.29, 1.82) is 0 Å². The molecule has 2 fully saturated rings. The van der Waals surface area contributed by atoms with Gasteiger partial charge in [-0.2, -0.15) is 0 Å². The van der Waals surface area contributed by atoms with Gasteiger partial charge in [0, 0.05) is 52.2 Å². The molecule has 128 valence electrons. The highest BCUT2D eigenvalue weighted by atomic mass is 16.5. The Labute approximate surface area is 137 Å². The monoisotopic (exact) mass is 321 g/mol. The predicted molar refractivity (Wildman–Crippen MR) is 87.0 cm³/mol. The Morgan fingerprint density at radius 3 is 2.74 bits per heavy atom. The van der Waals surface area contributed by atoms with E-state index < -0.39 is 0 Å². The number of imidazole rings is 1. The van der Waals surface area contributed by atoms with Crippen LogP contribution in [0.5, 0.6) is 0 Å². The smallest absolute Gasteiger partial charge is 0.236 e. The van der Waals surface area contributed by atoms with Gasteiger partial charge in [-0.15, -0.1) is 0 Å². The van der Waals surface area contributed by atoms with Gasteiger partial charge in [0.15, 0.2) is 0 Å². The molecular formula is C16H27N5O2. The third-order valence-electron chi connectivity index (χ3n) is 4.87. The second-order valence-electron chi connectivity index (χ2n) is 6.27. The third kappa shape index (κ3) is 3.73. The zero-order valence-electron chi connectivity index (χ0n) is 14.1. The Kier molecular flexibility index (Phi) is 5.30. The van der Waals surface area contributed by atoms with Gasteiger partial charge in [0.05, 0.1) is 25.8 Å². The molecule has 2 saturated heterocycles. The molecule has 7 heteroatoms. The molecule has 0 N–H and O–H groups in total. The molecule has 0 saturated carbocycles. The first kappa shape index (κ1) is 16.4. The molecule has 0 bridgehead atoms. The number of amides is 1. The first-order chi connectivity index (χ1) is 11.2. The van der Waals surface area contributed by atoms with Crippen LogP contribution in [-0.2, 0) is 16.6 Å². The molecule has 0 aromatic carbocycles. The van der Waals surface area contributed by atoms with E-state index in [0.717, 1.165) is 58.3 Å². The molecule has 1 unspecified atom stereocenters. The number of hydrogen-bond donors (Lipinski definition) is 0. The maximum Gasteiger partial charge on any atom is 0.236 e. The largest absolute Gasteiger partial charge is 0.379 e. The number of aryl methyl sites for hydroxylation is 1. The summed E-state index contributed by atoms with van der Waals surface area (Å²) in [4.78, 5) is 23.8. The molecular weight excluding hydrogens is 294 g/mol. The van der Waals surface area contributed by atoms with E-state index in [-0.39, 0.29) is 11.9 Å². The van der Waals surface area contributed by atoms with Gasteiger partial charge >= 0.3 is 0 Å². The van der Waals surface area contributed by atoms with Crippen LogP contribution in [0.4, 0.5) is 0 Å².